The zero-order valence-electron chi connectivity index (χ0n) is 22.7. The van der Waals surface area contributed by atoms with Gasteiger partial charge in [-0.05, 0) is 22.3 Å². The van der Waals surface area contributed by atoms with E-state index in [4.69, 9.17) is 0 Å². The van der Waals surface area contributed by atoms with E-state index >= 15 is 0 Å². The highest BCUT2D eigenvalue weighted by molar-refractivity contribution is 7.83. The molecule has 0 radical (unpaired) electrons. The van der Waals surface area contributed by atoms with Crippen LogP contribution in [0.25, 0.3) is 0 Å². The maximum absolute atomic E-state index is 12.1. The number of hydrogen-bond donors (Lipinski definition) is 4. The average molecular weight is 585 g/mol. The number of hydrogen-bond acceptors (Lipinski definition) is 10. The van der Waals surface area contributed by atoms with Crippen molar-refractivity contribution >= 4 is 44.3 Å². The van der Waals surface area contributed by atoms with Crippen LogP contribution in [0, 0.1) is 0 Å². The van der Waals surface area contributed by atoms with Gasteiger partial charge in [0.1, 0.15) is 22.7 Å². The standard InChI is InChI=1S/C24H20N4O4.2C2H6OS/c29-21-17-19(23(21)31)27-11-15-5-2-6-16(8-15)12-28-20-18(22(30)24(20)32)26-10-14-4-1-3-13(7-14)9-25-17;2*1-4(2)3/h1-8,25-28H,9-12H2;2*1-2H3. The van der Waals surface area contributed by atoms with Gasteiger partial charge in [0.15, 0.2) is 0 Å². The Morgan fingerprint density at radius 2 is 0.675 bits per heavy atom. The first kappa shape index (κ1) is 30.6. The molecule has 4 N–H and O–H groups in total. The molecule has 0 unspecified atom stereocenters. The van der Waals surface area contributed by atoms with Crippen molar-refractivity contribution in [3.63, 3.8) is 0 Å². The van der Waals surface area contributed by atoms with Gasteiger partial charge < -0.3 is 21.3 Å². The Morgan fingerprint density at radius 1 is 0.475 bits per heavy atom. The van der Waals surface area contributed by atoms with Gasteiger partial charge in [-0.15, -0.1) is 0 Å². The van der Waals surface area contributed by atoms with Crippen molar-refractivity contribution in [2.75, 3.05) is 46.3 Å². The fourth-order valence-electron chi connectivity index (χ4n) is 3.92. The molecule has 0 fully saturated rings. The van der Waals surface area contributed by atoms with Gasteiger partial charge in [0.25, 0.3) is 21.7 Å². The number of rotatable bonds is 0. The molecule has 4 aromatic carbocycles. The Balaban J connectivity index is 0.000000490. The van der Waals surface area contributed by atoms with Gasteiger partial charge in [-0.25, -0.2) is 0 Å². The number of anilines is 4. The molecule has 0 atom stereocenters. The molecule has 1 aliphatic rings. The summed E-state index contributed by atoms with van der Waals surface area (Å²) in [5.74, 6) is 0. The predicted octanol–water partition coefficient (Wildman–Crippen LogP) is 1.63. The van der Waals surface area contributed by atoms with Gasteiger partial charge in [-0.2, -0.15) is 0 Å². The second-order valence-corrected chi connectivity index (χ2v) is 12.3. The highest BCUT2D eigenvalue weighted by Gasteiger charge is 2.22. The van der Waals surface area contributed by atoms with Crippen LogP contribution in [0.4, 0.5) is 22.7 Å². The molecule has 0 aliphatic carbocycles. The van der Waals surface area contributed by atoms with Crippen LogP contribution in [-0.2, 0) is 47.8 Å². The van der Waals surface area contributed by atoms with E-state index in [1.54, 1.807) is 25.0 Å². The summed E-state index contributed by atoms with van der Waals surface area (Å²) < 4.78 is 19.1. The van der Waals surface area contributed by atoms with E-state index in [-0.39, 0.29) is 0 Å². The molecule has 4 aromatic rings. The molecule has 40 heavy (non-hydrogen) atoms. The minimum atomic E-state index is -0.611. The summed E-state index contributed by atoms with van der Waals surface area (Å²) in [5.41, 5.74) is 2.77. The van der Waals surface area contributed by atoms with Crippen LogP contribution >= 0.6 is 0 Å². The van der Waals surface area contributed by atoms with Gasteiger partial charge >= 0.3 is 0 Å². The second kappa shape index (κ2) is 13.9. The van der Waals surface area contributed by atoms with Crippen molar-refractivity contribution in [3.8, 4) is 0 Å². The van der Waals surface area contributed by atoms with Crippen molar-refractivity contribution in [3.05, 3.63) is 112 Å². The molecule has 0 amide bonds. The molecule has 10 nitrogen and oxygen atoms in total. The highest BCUT2D eigenvalue weighted by Crippen LogP contribution is 2.20. The summed E-state index contributed by atoms with van der Waals surface area (Å²) in [5, 5.41) is 12.3. The zero-order chi connectivity index (χ0) is 29.4. The van der Waals surface area contributed by atoms with E-state index in [9.17, 15) is 27.6 Å². The van der Waals surface area contributed by atoms with Gasteiger partial charge in [0.2, 0.25) is 0 Å². The summed E-state index contributed by atoms with van der Waals surface area (Å²) in [6, 6.07) is 15.2. The average Bonchev–Trinajstić information content (AvgIpc) is 2.90. The lowest BCUT2D eigenvalue weighted by Gasteiger charge is -2.17. The van der Waals surface area contributed by atoms with E-state index in [1.807, 2.05) is 48.5 Å². The molecule has 1 heterocycles. The van der Waals surface area contributed by atoms with Gasteiger partial charge in [0, 0.05) is 72.8 Å². The fraction of sp³-hybridized carbons (Fsp3) is 0.286. The van der Waals surface area contributed by atoms with Gasteiger partial charge in [-0.1, -0.05) is 48.5 Å². The minimum absolute atomic E-state index is 0.297. The van der Waals surface area contributed by atoms with Crippen molar-refractivity contribution in [1.29, 1.82) is 0 Å². The number of nitrogens with one attached hydrogen (secondary N) is 4. The molecule has 1 aliphatic heterocycles. The Bertz CT molecular complexity index is 1450. The van der Waals surface area contributed by atoms with Crippen LogP contribution in [-0.4, -0.2) is 33.4 Å². The SMILES string of the molecule is CS(C)=O.CS(C)=O.O=c1c2c(c1=O)NCc1cccc(c1)CNc1c(c(=O)c1=O)NCc1cccc(c1)CN2. The molecule has 0 saturated heterocycles. The number of benzene rings is 2. The molecular formula is C28H32N4O6S2. The lowest BCUT2D eigenvalue weighted by atomic mass is 10.1. The van der Waals surface area contributed by atoms with Crippen LogP contribution in [0.5, 0.6) is 0 Å². The smallest absolute Gasteiger partial charge is 0.253 e. The summed E-state index contributed by atoms with van der Waals surface area (Å²) in [7, 11) is -1.22. The quantitative estimate of drug-likeness (QED) is 0.225. The first-order valence-corrected chi connectivity index (χ1v) is 16.2. The van der Waals surface area contributed by atoms with E-state index in [2.05, 4.69) is 21.3 Å². The molecular weight excluding hydrogens is 552 g/mol. The summed E-state index contributed by atoms with van der Waals surface area (Å²) in [6.45, 7) is 1.48. The second-order valence-electron chi connectivity index (χ2n) is 9.35. The van der Waals surface area contributed by atoms with Crippen LogP contribution in [0.1, 0.15) is 22.3 Å². The van der Waals surface area contributed by atoms with Crippen molar-refractivity contribution in [2.45, 2.75) is 26.2 Å². The third kappa shape index (κ3) is 8.06. The van der Waals surface area contributed by atoms with Crippen LogP contribution < -0.4 is 43.0 Å². The first-order chi connectivity index (χ1) is 19.0. The monoisotopic (exact) mass is 584 g/mol. The third-order valence-corrected chi connectivity index (χ3v) is 5.68. The van der Waals surface area contributed by atoms with Crippen LogP contribution in [0.2, 0.25) is 0 Å². The Labute approximate surface area is 236 Å². The van der Waals surface area contributed by atoms with E-state index in [0.29, 0.717) is 48.9 Å². The van der Waals surface area contributed by atoms with Crippen LogP contribution in [0.15, 0.2) is 67.7 Å². The summed E-state index contributed by atoms with van der Waals surface area (Å²) in [6.07, 6.45) is 6.56. The Hall–Kier alpha value is -3.90. The lowest BCUT2D eigenvalue weighted by Crippen LogP contribution is -2.37. The highest BCUT2D eigenvalue weighted by atomic mass is 32.2. The molecule has 0 spiro atoms. The third-order valence-electron chi connectivity index (χ3n) is 5.68. The largest absolute Gasteiger partial charge is 0.376 e. The Morgan fingerprint density at radius 3 is 0.875 bits per heavy atom. The number of fused-ring (bicyclic) bond motifs is 6. The van der Waals surface area contributed by atoms with Gasteiger partial charge in [0.05, 0.1) is 0 Å². The lowest BCUT2D eigenvalue weighted by molar-refractivity contribution is 0.689. The van der Waals surface area contributed by atoms with Gasteiger partial charge in [-0.3, -0.25) is 27.6 Å². The van der Waals surface area contributed by atoms with Crippen molar-refractivity contribution in [1.82, 2.24) is 0 Å². The van der Waals surface area contributed by atoms with E-state index < -0.39 is 43.3 Å². The maximum atomic E-state index is 12.1. The molecule has 12 heteroatoms. The van der Waals surface area contributed by atoms with Crippen molar-refractivity contribution < 1.29 is 8.42 Å². The normalized spacial score (nSPS) is 12.9. The zero-order valence-corrected chi connectivity index (χ0v) is 24.3. The molecule has 0 aromatic heterocycles. The Kier molecular flexibility index (Phi) is 10.7. The molecule has 4 bridgehead atoms. The van der Waals surface area contributed by atoms with Crippen LogP contribution in [0.3, 0.4) is 0 Å². The summed E-state index contributed by atoms with van der Waals surface area (Å²) in [4.78, 5) is 48.2. The fourth-order valence-corrected chi connectivity index (χ4v) is 3.92. The topological polar surface area (TPSA) is 151 Å². The first-order valence-electron chi connectivity index (χ1n) is 12.3. The maximum Gasteiger partial charge on any atom is 0.253 e. The molecule has 0 saturated carbocycles. The van der Waals surface area contributed by atoms with Crippen molar-refractivity contribution in [2.24, 2.45) is 0 Å². The molecule has 5 rings (SSSR count). The predicted molar refractivity (Wildman–Crippen MR) is 165 cm³/mol. The molecule has 212 valence electrons. The van der Waals surface area contributed by atoms with E-state index in [0.717, 1.165) is 22.3 Å². The minimum Gasteiger partial charge on any atom is -0.376 e. The summed E-state index contributed by atoms with van der Waals surface area (Å²) >= 11 is 0. The van der Waals surface area contributed by atoms with E-state index in [1.165, 1.54) is 0 Å².